The van der Waals surface area contributed by atoms with Crippen LogP contribution in [0.5, 0.6) is 0 Å². The number of halogens is 3. The van der Waals surface area contributed by atoms with Crippen LogP contribution in [-0.2, 0) is 0 Å². The van der Waals surface area contributed by atoms with Crippen molar-refractivity contribution in [3.8, 4) is 0 Å². The third-order valence-corrected chi connectivity index (χ3v) is 4.02. The third kappa shape index (κ3) is 3.15. The van der Waals surface area contributed by atoms with Crippen molar-refractivity contribution in [3.63, 3.8) is 0 Å². The smallest absolute Gasteiger partial charge is 0.137 e. The van der Waals surface area contributed by atoms with Crippen LogP contribution in [0.3, 0.4) is 0 Å². The van der Waals surface area contributed by atoms with Crippen LogP contribution in [0.15, 0.2) is 40.9 Å². The number of hydrogen-bond acceptors (Lipinski definition) is 2. The molecule has 19 heavy (non-hydrogen) atoms. The Labute approximate surface area is 124 Å². The summed E-state index contributed by atoms with van der Waals surface area (Å²) in [6.07, 6.45) is 0. The van der Waals surface area contributed by atoms with Crippen molar-refractivity contribution >= 4 is 27.5 Å². The fraction of sp³-hybridized carbons (Fsp3) is 0.143. The van der Waals surface area contributed by atoms with Gasteiger partial charge in [-0.1, -0.05) is 29.8 Å². The average molecular weight is 344 g/mol. The van der Waals surface area contributed by atoms with Crippen molar-refractivity contribution < 1.29 is 4.39 Å². The molecule has 2 aromatic rings. The molecule has 100 valence electrons. The normalized spacial score (nSPS) is 12.5. The first-order chi connectivity index (χ1) is 9.02. The van der Waals surface area contributed by atoms with Crippen molar-refractivity contribution in [2.75, 3.05) is 0 Å². The lowest BCUT2D eigenvalue weighted by Gasteiger charge is -2.18. The Balaban J connectivity index is 2.43. The Kier molecular flexibility index (Phi) is 4.58. The van der Waals surface area contributed by atoms with Crippen LogP contribution in [-0.4, -0.2) is 0 Å². The highest BCUT2D eigenvalue weighted by atomic mass is 79.9. The van der Waals surface area contributed by atoms with Gasteiger partial charge in [0.2, 0.25) is 0 Å². The molecule has 1 atom stereocenters. The number of hydrogen-bond donors (Lipinski definition) is 2. The van der Waals surface area contributed by atoms with Crippen LogP contribution >= 0.6 is 27.5 Å². The minimum absolute atomic E-state index is 0.305. The first-order valence-corrected chi connectivity index (χ1v) is 6.87. The molecule has 0 saturated heterocycles. The fourth-order valence-corrected chi connectivity index (χ4v) is 2.30. The summed E-state index contributed by atoms with van der Waals surface area (Å²) in [5.41, 5.74) is 5.30. The lowest BCUT2D eigenvalue weighted by molar-refractivity contribution is 0.600. The molecule has 0 aliphatic carbocycles. The van der Waals surface area contributed by atoms with E-state index >= 15 is 0 Å². The van der Waals surface area contributed by atoms with E-state index in [1.165, 1.54) is 6.07 Å². The van der Waals surface area contributed by atoms with Crippen LogP contribution < -0.4 is 11.3 Å². The second-order valence-electron chi connectivity index (χ2n) is 4.28. The van der Waals surface area contributed by atoms with Gasteiger partial charge < -0.3 is 0 Å². The number of benzene rings is 2. The molecule has 0 spiro atoms. The highest BCUT2D eigenvalue weighted by Crippen LogP contribution is 2.27. The quantitative estimate of drug-likeness (QED) is 0.650. The van der Waals surface area contributed by atoms with E-state index in [2.05, 4.69) is 21.4 Å². The second-order valence-corrected chi connectivity index (χ2v) is 5.54. The maximum absolute atomic E-state index is 13.6. The second kappa shape index (κ2) is 6.01. The predicted octanol–water partition coefficient (Wildman–Crippen LogP) is 4.10. The van der Waals surface area contributed by atoms with Crippen molar-refractivity contribution in [2.24, 2.45) is 5.84 Å². The molecule has 1 unspecified atom stereocenters. The van der Waals surface area contributed by atoms with Gasteiger partial charge in [-0.3, -0.25) is 5.84 Å². The highest BCUT2D eigenvalue weighted by molar-refractivity contribution is 9.10. The topological polar surface area (TPSA) is 38.0 Å². The number of nitrogens with one attached hydrogen (secondary N) is 1. The average Bonchev–Trinajstić information content (AvgIpc) is 2.39. The summed E-state index contributed by atoms with van der Waals surface area (Å²) in [5, 5.41) is 0.662. The van der Waals surface area contributed by atoms with Gasteiger partial charge in [0.15, 0.2) is 0 Å². The lowest BCUT2D eigenvalue weighted by Crippen LogP contribution is -2.28. The van der Waals surface area contributed by atoms with Gasteiger partial charge in [-0.2, -0.15) is 0 Å². The van der Waals surface area contributed by atoms with E-state index < -0.39 is 0 Å². The molecule has 2 aromatic carbocycles. The Morgan fingerprint density at radius 2 is 1.84 bits per heavy atom. The summed E-state index contributed by atoms with van der Waals surface area (Å²) >= 11 is 9.24. The molecule has 0 heterocycles. The van der Waals surface area contributed by atoms with Crippen LogP contribution in [0.2, 0.25) is 5.02 Å². The molecule has 0 aliphatic heterocycles. The number of rotatable bonds is 3. The maximum Gasteiger partial charge on any atom is 0.137 e. The largest absolute Gasteiger partial charge is 0.271 e. The molecule has 0 saturated carbocycles. The highest BCUT2D eigenvalue weighted by Gasteiger charge is 2.15. The molecule has 0 fully saturated rings. The molecule has 0 radical (unpaired) electrons. The zero-order valence-corrected chi connectivity index (χ0v) is 12.6. The first kappa shape index (κ1) is 14.5. The number of hydrazine groups is 1. The summed E-state index contributed by atoms with van der Waals surface area (Å²) < 4.78 is 14.0. The van der Waals surface area contributed by atoms with Gasteiger partial charge in [0, 0.05) is 5.02 Å². The number of nitrogens with two attached hydrogens (primary N) is 1. The van der Waals surface area contributed by atoms with Crippen LogP contribution in [0.25, 0.3) is 0 Å². The Morgan fingerprint density at radius 1 is 1.21 bits per heavy atom. The molecule has 0 bridgehead atoms. The van der Waals surface area contributed by atoms with Gasteiger partial charge in [0.05, 0.1) is 10.5 Å². The Bertz CT molecular complexity index is 552. The van der Waals surface area contributed by atoms with Crippen molar-refractivity contribution in [3.05, 3.63) is 68.4 Å². The molecular weight excluding hydrogens is 331 g/mol. The SMILES string of the molecule is Cc1ccc(C(NN)c2ccc(Br)c(F)c2)cc1Cl. The summed E-state index contributed by atoms with van der Waals surface area (Å²) in [4.78, 5) is 0. The Morgan fingerprint density at radius 3 is 2.42 bits per heavy atom. The monoisotopic (exact) mass is 342 g/mol. The summed E-state index contributed by atoms with van der Waals surface area (Å²) in [7, 11) is 0. The standard InChI is InChI=1S/C14H13BrClFN2/c1-8-2-3-9(6-12(8)16)14(19-18)10-4-5-11(15)13(17)7-10/h2-7,14,19H,18H2,1H3. The zero-order chi connectivity index (χ0) is 14.0. The maximum atomic E-state index is 13.6. The van der Waals surface area contributed by atoms with Gasteiger partial charge in [-0.05, 0) is 57.7 Å². The van der Waals surface area contributed by atoms with E-state index in [4.69, 9.17) is 17.4 Å². The molecular formula is C14H13BrClFN2. The van der Waals surface area contributed by atoms with E-state index in [1.54, 1.807) is 6.07 Å². The first-order valence-electron chi connectivity index (χ1n) is 5.70. The van der Waals surface area contributed by atoms with E-state index in [-0.39, 0.29) is 11.9 Å². The van der Waals surface area contributed by atoms with Crippen molar-refractivity contribution in [1.29, 1.82) is 0 Å². The van der Waals surface area contributed by atoms with Crippen molar-refractivity contribution in [1.82, 2.24) is 5.43 Å². The lowest BCUT2D eigenvalue weighted by atomic mass is 9.98. The molecule has 3 N–H and O–H groups in total. The summed E-state index contributed by atoms with van der Waals surface area (Å²) in [6, 6.07) is 10.3. The molecule has 0 amide bonds. The third-order valence-electron chi connectivity index (χ3n) is 2.97. The zero-order valence-electron chi connectivity index (χ0n) is 10.3. The van der Waals surface area contributed by atoms with Gasteiger partial charge in [0.25, 0.3) is 0 Å². The van der Waals surface area contributed by atoms with Crippen molar-refractivity contribution in [2.45, 2.75) is 13.0 Å². The minimum Gasteiger partial charge on any atom is -0.271 e. The van der Waals surface area contributed by atoms with Gasteiger partial charge in [-0.15, -0.1) is 0 Å². The fourth-order valence-electron chi connectivity index (χ4n) is 1.87. The Hall–Kier alpha value is -0.940. The molecule has 5 heteroatoms. The molecule has 0 aromatic heterocycles. The minimum atomic E-state index is -0.323. The van der Waals surface area contributed by atoms with Gasteiger partial charge in [-0.25, -0.2) is 9.82 Å². The van der Waals surface area contributed by atoms with Gasteiger partial charge >= 0.3 is 0 Å². The van der Waals surface area contributed by atoms with E-state index in [0.29, 0.717) is 9.50 Å². The van der Waals surface area contributed by atoms with Crippen LogP contribution in [0, 0.1) is 12.7 Å². The molecule has 0 aliphatic rings. The van der Waals surface area contributed by atoms with Gasteiger partial charge in [0.1, 0.15) is 5.82 Å². The van der Waals surface area contributed by atoms with Crippen LogP contribution in [0.4, 0.5) is 4.39 Å². The van der Waals surface area contributed by atoms with E-state index in [0.717, 1.165) is 16.7 Å². The van der Waals surface area contributed by atoms with E-state index in [9.17, 15) is 4.39 Å². The van der Waals surface area contributed by atoms with E-state index in [1.807, 2.05) is 31.2 Å². The summed E-state index contributed by atoms with van der Waals surface area (Å²) in [6.45, 7) is 1.93. The summed E-state index contributed by atoms with van der Waals surface area (Å²) in [5.74, 6) is 5.26. The number of aryl methyl sites for hydroxylation is 1. The van der Waals surface area contributed by atoms with Crippen LogP contribution in [0.1, 0.15) is 22.7 Å². The molecule has 2 nitrogen and oxygen atoms in total. The molecule has 2 rings (SSSR count). The predicted molar refractivity (Wildman–Crippen MR) is 79.5 cm³/mol.